The van der Waals surface area contributed by atoms with Crippen LogP contribution >= 0.6 is 0 Å². The summed E-state index contributed by atoms with van der Waals surface area (Å²) in [5.74, 6) is -0.00144. The molecular weight excluding hydrogens is 460 g/mol. The molecule has 1 amide bonds. The van der Waals surface area contributed by atoms with E-state index < -0.39 is 21.9 Å². The molecular formula is C24H24N2O7S. The van der Waals surface area contributed by atoms with E-state index >= 15 is 0 Å². The number of esters is 1. The summed E-state index contributed by atoms with van der Waals surface area (Å²) in [6.07, 6.45) is 0. The second-order valence-corrected chi connectivity index (χ2v) is 8.63. The van der Waals surface area contributed by atoms with Crippen molar-refractivity contribution in [3.8, 4) is 11.5 Å². The van der Waals surface area contributed by atoms with Crippen LogP contribution in [-0.2, 0) is 19.6 Å². The van der Waals surface area contributed by atoms with Crippen molar-refractivity contribution in [1.82, 2.24) is 0 Å². The lowest BCUT2D eigenvalue weighted by Gasteiger charge is -2.11. The van der Waals surface area contributed by atoms with E-state index in [1.165, 1.54) is 31.4 Å². The van der Waals surface area contributed by atoms with Crippen molar-refractivity contribution >= 4 is 33.3 Å². The third-order valence-corrected chi connectivity index (χ3v) is 5.90. The SMILES string of the molecule is CCOC(=O)c1ccc(NC(=O)COc2ccc(S(=O)(=O)Nc3cccc(OC)c3)cc2)cc1. The number of amides is 1. The Bertz CT molecular complexity index is 1240. The summed E-state index contributed by atoms with van der Waals surface area (Å²) in [5.41, 5.74) is 1.24. The van der Waals surface area contributed by atoms with Gasteiger partial charge in [-0.25, -0.2) is 13.2 Å². The van der Waals surface area contributed by atoms with E-state index in [9.17, 15) is 18.0 Å². The summed E-state index contributed by atoms with van der Waals surface area (Å²) < 4.78 is 43.1. The molecule has 0 radical (unpaired) electrons. The molecule has 3 aromatic rings. The predicted octanol–water partition coefficient (Wildman–Crippen LogP) is 3.69. The summed E-state index contributed by atoms with van der Waals surface area (Å²) in [6.45, 7) is 1.71. The van der Waals surface area contributed by atoms with E-state index in [-0.39, 0.29) is 18.1 Å². The largest absolute Gasteiger partial charge is 0.497 e. The van der Waals surface area contributed by atoms with E-state index in [0.717, 1.165) is 0 Å². The van der Waals surface area contributed by atoms with Crippen molar-refractivity contribution in [2.75, 3.05) is 30.4 Å². The maximum absolute atomic E-state index is 12.6. The molecule has 0 spiro atoms. The second kappa shape index (κ2) is 11.2. The zero-order valence-corrected chi connectivity index (χ0v) is 19.4. The maximum Gasteiger partial charge on any atom is 0.338 e. The van der Waals surface area contributed by atoms with Crippen LogP contribution in [0.15, 0.2) is 77.7 Å². The summed E-state index contributed by atoms with van der Waals surface area (Å²) in [4.78, 5) is 23.8. The molecule has 0 aliphatic rings. The minimum absolute atomic E-state index is 0.0359. The molecule has 0 saturated heterocycles. The number of rotatable bonds is 10. The van der Waals surface area contributed by atoms with E-state index in [1.807, 2.05) is 0 Å². The zero-order chi connectivity index (χ0) is 24.6. The topological polar surface area (TPSA) is 120 Å². The van der Waals surface area contributed by atoms with E-state index in [4.69, 9.17) is 14.2 Å². The summed E-state index contributed by atoms with van der Waals surface area (Å²) in [6, 6.07) is 18.5. The van der Waals surface area contributed by atoms with Crippen LogP contribution in [0.25, 0.3) is 0 Å². The fourth-order valence-corrected chi connectivity index (χ4v) is 3.92. The number of benzene rings is 3. The summed E-state index contributed by atoms with van der Waals surface area (Å²) in [7, 11) is -2.32. The fraction of sp³-hybridized carbons (Fsp3) is 0.167. The fourth-order valence-electron chi connectivity index (χ4n) is 2.87. The van der Waals surface area contributed by atoms with Crippen LogP contribution in [0.2, 0.25) is 0 Å². The van der Waals surface area contributed by atoms with Crippen molar-refractivity contribution in [3.05, 3.63) is 78.4 Å². The highest BCUT2D eigenvalue weighted by atomic mass is 32.2. The minimum Gasteiger partial charge on any atom is -0.497 e. The first-order valence-electron chi connectivity index (χ1n) is 10.3. The molecule has 0 saturated carbocycles. The van der Waals surface area contributed by atoms with Crippen LogP contribution in [-0.4, -0.2) is 40.6 Å². The normalized spacial score (nSPS) is 10.8. The Balaban J connectivity index is 1.54. The number of sulfonamides is 1. The van der Waals surface area contributed by atoms with Crippen LogP contribution in [0, 0.1) is 0 Å². The Kier molecular flexibility index (Phi) is 8.10. The average Bonchev–Trinajstić information content (AvgIpc) is 2.83. The molecule has 9 nitrogen and oxygen atoms in total. The highest BCUT2D eigenvalue weighted by Gasteiger charge is 2.15. The molecule has 0 aromatic heterocycles. The Hall–Kier alpha value is -4.05. The zero-order valence-electron chi connectivity index (χ0n) is 18.6. The van der Waals surface area contributed by atoms with E-state index in [1.54, 1.807) is 55.5 Å². The van der Waals surface area contributed by atoms with Gasteiger partial charge in [0.1, 0.15) is 11.5 Å². The molecule has 0 aliphatic carbocycles. The first-order valence-corrected chi connectivity index (χ1v) is 11.8. The lowest BCUT2D eigenvalue weighted by atomic mass is 10.2. The predicted molar refractivity (Wildman–Crippen MR) is 127 cm³/mol. The van der Waals surface area contributed by atoms with Crippen molar-refractivity contribution in [2.24, 2.45) is 0 Å². The first-order chi connectivity index (χ1) is 16.3. The van der Waals surface area contributed by atoms with E-state index in [2.05, 4.69) is 10.0 Å². The molecule has 0 bridgehead atoms. The molecule has 34 heavy (non-hydrogen) atoms. The molecule has 3 aromatic carbocycles. The second-order valence-electron chi connectivity index (χ2n) is 6.94. The molecule has 10 heteroatoms. The average molecular weight is 485 g/mol. The van der Waals surface area contributed by atoms with E-state index in [0.29, 0.717) is 28.4 Å². The lowest BCUT2D eigenvalue weighted by Crippen LogP contribution is -2.20. The van der Waals surface area contributed by atoms with Gasteiger partial charge in [-0.2, -0.15) is 0 Å². The highest BCUT2D eigenvalue weighted by molar-refractivity contribution is 7.92. The van der Waals surface area contributed by atoms with Crippen molar-refractivity contribution < 1.29 is 32.2 Å². The lowest BCUT2D eigenvalue weighted by molar-refractivity contribution is -0.118. The number of hydrogen-bond acceptors (Lipinski definition) is 7. The highest BCUT2D eigenvalue weighted by Crippen LogP contribution is 2.22. The number of carbonyl (C=O) groups is 2. The van der Waals surface area contributed by atoms with Crippen LogP contribution in [0.1, 0.15) is 17.3 Å². The van der Waals surface area contributed by atoms with Gasteiger partial charge in [0.05, 0.1) is 29.9 Å². The molecule has 0 atom stereocenters. The molecule has 2 N–H and O–H groups in total. The number of ether oxygens (including phenoxy) is 3. The molecule has 0 unspecified atom stereocenters. The number of anilines is 2. The summed E-state index contributed by atoms with van der Waals surface area (Å²) in [5, 5.41) is 2.65. The summed E-state index contributed by atoms with van der Waals surface area (Å²) >= 11 is 0. The Morgan fingerprint density at radius 1 is 0.882 bits per heavy atom. The standard InChI is InChI=1S/C24H24N2O7S/c1-3-32-24(28)17-7-9-18(10-8-17)25-23(27)16-33-20-11-13-22(14-12-20)34(29,30)26-19-5-4-6-21(15-19)31-2/h4-15,26H,3,16H2,1-2H3,(H,25,27). The van der Waals surface area contributed by atoms with Crippen molar-refractivity contribution in [1.29, 1.82) is 0 Å². The molecule has 3 rings (SSSR count). The van der Waals surface area contributed by atoms with Gasteiger partial charge in [0.15, 0.2) is 6.61 Å². The molecule has 0 heterocycles. The van der Waals surface area contributed by atoms with Crippen LogP contribution in [0.5, 0.6) is 11.5 Å². The Morgan fingerprint density at radius 3 is 2.24 bits per heavy atom. The van der Waals surface area contributed by atoms with Crippen molar-refractivity contribution in [3.63, 3.8) is 0 Å². The minimum atomic E-state index is -3.81. The van der Waals surface area contributed by atoms with Gasteiger partial charge in [-0.15, -0.1) is 0 Å². The Labute approximate surface area is 197 Å². The Morgan fingerprint density at radius 2 is 1.59 bits per heavy atom. The van der Waals surface area contributed by atoms with Crippen molar-refractivity contribution in [2.45, 2.75) is 11.8 Å². The number of hydrogen-bond donors (Lipinski definition) is 2. The number of carbonyl (C=O) groups excluding carboxylic acids is 2. The monoisotopic (exact) mass is 484 g/mol. The van der Waals surface area contributed by atoms with Gasteiger partial charge in [0.2, 0.25) is 0 Å². The van der Waals surface area contributed by atoms with Gasteiger partial charge < -0.3 is 19.5 Å². The molecule has 178 valence electrons. The quantitative estimate of drug-likeness (QED) is 0.421. The van der Waals surface area contributed by atoms with Crippen LogP contribution in [0.4, 0.5) is 11.4 Å². The van der Waals surface area contributed by atoms with Gasteiger partial charge in [0.25, 0.3) is 15.9 Å². The number of methoxy groups -OCH3 is 1. The van der Waals surface area contributed by atoms with Gasteiger partial charge in [0, 0.05) is 11.8 Å². The third kappa shape index (κ3) is 6.72. The van der Waals surface area contributed by atoms with Gasteiger partial charge in [-0.3, -0.25) is 9.52 Å². The van der Waals surface area contributed by atoms with Crippen LogP contribution in [0.3, 0.4) is 0 Å². The first kappa shape index (κ1) is 24.6. The number of nitrogens with one attached hydrogen (secondary N) is 2. The maximum atomic E-state index is 12.6. The smallest absolute Gasteiger partial charge is 0.338 e. The van der Waals surface area contributed by atoms with Gasteiger partial charge in [-0.1, -0.05) is 6.07 Å². The molecule has 0 aliphatic heterocycles. The molecule has 0 fully saturated rings. The van der Waals surface area contributed by atoms with Gasteiger partial charge in [-0.05, 0) is 67.6 Å². The third-order valence-electron chi connectivity index (χ3n) is 4.51. The van der Waals surface area contributed by atoms with Gasteiger partial charge >= 0.3 is 5.97 Å². The van der Waals surface area contributed by atoms with Crippen LogP contribution < -0.4 is 19.5 Å².